The smallest absolute Gasteiger partial charge is 0.243 e. The Kier molecular flexibility index (Phi) is 7.11. The van der Waals surface area contributed by atoms with Gasteiger partial charge in [-0.2, -0.15) is 9.57 Å². The van der Waals surface area contributed by atoms with Crippen LogP contribution >= 0.6 is 11.6 Å². The summed E-state index contributed by atoms with van der Waals surface area (Å²) in [6.45, 7) is 0.191. The molecular weight excluding hydrogens is 512 g/mol. The van der Waals surface area contributed by atoms with Crippen molar-refractivity contribution in [3.8, 4) is 17.3 Å². The van der Waals surface area contributed by atoms with E-state index in [-0.39, 0.29) is 36.2 Å². The molecule has 37 heavy (non-hydrogen) atoms. The molecule has 1 fully saturated rings. The summed E-state index contributed by atoms with van der Waals surface area (Å²) in [7, 11) is -3.73. The van der Waals surface area contributed by atoms with Crippen LogP contribution in [0, 0.1) is 11.3 Å². The summed E-state index contributed by atoms with van der Waals surface area (Å²) in [4.78, 5) is 21.5. The van der Waals surface area contributed by atoms with Crippen LogP contribution in [0.25, 0.3) is 11.3 Å². The number of nitriles is 1. The van der Waals surface area contributed by atoms with E-state index < -0.39 is 10.0 Å². The quantitative estimate of drug-likeness (QED) is 0.440. The highest BCUT2D eigenvalue weighted by molar-refractivity contribution is 7.89. The van der Waals surface area contributed by atoms with Crippen molar-refractivity contribution in [1.82, 2.24) is 14.3 Å². The molecule has 11 heteroatoms. The maximum Gasteiger partial charge on any atom is 0.243 e. The molecule has 0 unspecified atom stereocenters. The van der Waals surface area contributed by atoms with Gasteiger partial charge in [0.25, 0.3) is 0 Å². The first kappa shape index (κ1) is 25.1. The van der Waals surface area contributed by atoms with E-state index in [1.165, 1.54) is 4.31 Å². The minimum atomic E-state index is -3.73. The van der Waals surface area contributed by atoms with Crippen molar-refractivity contribution in [2.45, 2.75) is 49.5 Å². The first-order valence-corrected chi connectivity index (χ1v) is 13.9. The normalized spacial score (nSPS) is 15.4. The van der Waals surface area contributed by atoms with Gasteiger partial charge in [-0.25, -0.2) is 18.4 Å². The second kappa shape index (κ2) is 10.5. The number of hydrogen-bond acceptors (Lipinski definition) is 7. The van der Waals surface area contributed by atoms with Gasteiger partial charge in [-0.05, 0) is 55.3 Å². The molecule has 2 heterocycles. The molecule has 5 rings (SSSR count). The van der Waals surface area contributed by atoms with Crippen molar-refractivity contribution in [2.24, 2.45) is 0 Å². The molecule has 1 saturated carbocycles. The number of halogens is 1. The lowest BCUT2D eigenvalue weighted by atomic mass is 10.1. The van der Waals surface area contributed by atoms with Gasteiger partial charge in [0.1, 0.15) is 0 Å². The fourth-order valence-corrected chi connectivity index (χ4v) is 6.71. The Labute approximate surface area is 220 Å². The molecule has 0 bridgehead atoms. The van der Waals surface area contributed by atoms with E-state index in [4.69, 9.17) is 16.9 Å². The van der Waals surface area contributed by atoms with Gasteiger partial charge >= 0.3 is 0 Å². The van der Waals surface area contributed by atoms with Crippen molar-refractivity contribution >= 4 is 44.9 Å². The van der Waals surface area contributed by atoms with Crippen LogP contribution in [0.3, 0.4) is 0 Å². The number of carbonyl (C=O) groups is 1. The van der Waals surface area contributed by atoms with Crippen molar-refractivity contribution in [2.75, 3.05) is 17.2 Å². The topological polar surface area (TPSA) is 128 Å². The zero-order valence-electron chi connectivity index (χ0n) is 19.9. The Balaban J connectivity index is 1.39. The van der Waals surface area contributed by atoms with Crippen molar-refractivity contribution < 1.29 is 13.2 Å². The van der Waals surface area contributed by atoms with E-state index in [0.29, 0.717) is 33.6 Å². The third-order valence-electron chi connectivity index (χ3n) is 6.62. The second-order valence-corrected chi connectivity index (χ2v) is 11.4. The van der Waals surface area contributed by atoms with Crippen molar-refractivity contribution in [1.29, 1.82) is 5.26 Å². The number of sulfonamides is 1. The van der Waals surface area contributed by atoms with Gasteiger partial charge in [-0.3, -0.25) is 4.79 Å². The molecule has 0 saturated heterocycles. The van der Waals surface area contributed by atoms with E-state index in [9.17, 15) is 13.2 Å². The Hall–Kier alpha value is -3.52. The van der Waals surface area contributed by atoms with E-state index in [0.717, 1.165) is 31.2 Å². The highest BCUT2D eigenvalue weighted by atomic mass is 35.5. The maximum absolute atomic E-state index is 13.4. The summed E-state index contributed by atoms with van der Waals surface area (Å²) in [6, 6.07) is 13.7. The lowest BCUT2D eigenvalue weighted by Crippen LogP contribution is -2.39. The van der Waals surface area contributed by atoms with Crippen LogP contribution in [-0.2, 0) is 21.2 Å². The van der Waals surface area contributed by atoms with Gasteiger partial charge in [0.2, 0.25) is 21.9 Å². The fraction of sp³-hybridized carbons (Fsp3) is 0.308. The van der Waals surface area contributed by atoms with Crippen LogP contribution < -0.4 is 10.6 Å². The van der Waals surface area contributed by atoms with Gasteiger partial charge < -0.3 is 10.6 Å². The molecule has 2 aliphatic rings. The van der Waals surface area contributed by atoms with Gasteiger partial charge in [0.05, 0.1) is 28.8 Å². The minimum Gasteiger partial charge on any atom is -0.325 e. The number of nitrogens with one attached hydrogen (secondary N) is 2. The summed E-state index contributed by atoms with van der Waals surface area (Å²) < 4.78 is 28.3. The molecule has 0 radical (unpaired) electrons. The van der Waals surface area contributed by atoms with E-state index >= 15 is 0 Å². The standard InChI is InChI=1S/C26H25ClN6O3S/c27-18-6-11-22-23(15-18)31-24(34)14-17-16-29-26(32-25(17)22)30-19-7-9-21(10-8-19)37(35,36)33(13-3-12-28)20-4-1-2-5-20/h6-11,15-16,20H,1-5,13-14H2,(H,31,34)(H,29,30,32). The average Bonchev–Trinajstić information content (AvgIpc) is 3.36. The molecule has 1 amide bonds. The summed E-state index contributed by atoms with van der Waals surface area (Å²) in [5.41, 5.74) is 3.24. The number of carbonyl (C=O) groups excluding carboxylic acids is 1. The number of anilines is 3. The molecule has 9 nitrogen and oxygen atoms in total. The molecule has 2 N–H and O–H groups in total. The highest BCUT2D eigenvalue weighted by Gasteiger charge is 2.33. The highest BCUT2D eigenvalue weighted by Crippen LogP contribution is 2.35. The summed E-state index contributed by atoms with van der Waals surface area (Å²) in [6.07, 6.45) is 5.52. The maximum atomic E-state index is 13.4. The van der Waals surface area contributed by atoms with Gasteiger partial charge in [-0.15, -0.1) is 0 Å². The third-order valence-corrected chi connectivity index (χ3v) is 8.82. The van der Waals surface area contributed by atoms with E-state index in [1.54, 1.807) is 48.7 Å². The monoisotopic (exact) mass is 536 g/mol. The molecule has 0 atom stereocenters. The SMILES string of the molecule is N#CCCN(C1CCCC1)S(=O)(=O)c1ccc(Nc2ncc3c(n2)-c2ccc(Cl)cc2NC(=O)C3)cc1. The van der Waals surface area contributed by atoms with Crippen LogP contribution in [0.15, 0.2) is 53.6 Å². The van der Waals surface area contributed by atoms with Crippen LogP contribution in [0.4, 0.5) is 17.3 Å². The zero-order chi connectivity index (χ0) is 26.0. The second-order valence-electron chi connectivity index (χ2n) is 9.09. The Morgan fingerprint density at radius 1 is 1.16 bits per heavy atom. The van der Waals surface area contributed by atoms with Crippen LogP contribution in [0.5, 0.6) is 0 Å². The Morgan fingerprint density at radius 2 is 1.92 bits per heavy atom. The van der Waals surface area contributed by atoms with E-state index in [2.05, 4.69) is 26.7 Å². The molecule has 1 aromatic heterocycles. The average molecular weight is 537 g/mol. The zero-order valence-corrected chi connectivity index (χ0v) is 21.5. The van der Waals surface area contributed by atoms with Gasteiger partial charge in [0.15, 0.2) is 0 Å². The first-order valence-electron chi connectivity index (χ1n) is 12.1. The molecule has 190 valence electrons. The molecule has 0 spiro atoms. The summed E-state index contributed by atoms with van der Waals surface area (Å²) in [5.74, 6) is 0.135. The van der Waals surface area contributed by atoms with Gasteiger partial charge in [0, 0.05) is 47.0 Å². The largest absolute Gasteiger partial charge is 0.325 e. The van der Waals surface area contributed by atoms with Crippen LogP contribution in [-0.4, -0.2) is 41.2 Å². The predicted molar refractivity (Wildman–Crippen MR) is 141 cm³/mol. The third kappa shape index (κ3) is 5.30. The predicted octanol–water partition coefficient (Wildman–Crippen LogP) is 4.88. The summed E-state index contributed by atoms with van der Waals surface area (Å²) in [5, 5.41) is 15.5. The lowest BCUT2D eigenvalue weighted by Gasteiger charge is -2.27. The molecule has 2 aromatic carbocycles. The molecular formula is C26H25ClN6O3S. The number of hydrogen-bond donors (Lipinski definition) is 2. The lowest BCUT2D eigenvalue weighted by molar-refractivity contribution is -0.115. The molecule has 3 aromatic rings. The number of fused-ring (bicyclic) bond motifs is 3. The van der Waals surface area contributed by atoms with Crippen molar-refractivity contribution in [3.05, 3.63) is 59.2 Å². The number of rotatable bonds is 7. The number of benzene rings is 2. The van der Waals surface area contributed by atoms with E-state index in [1.807, 2.05) is 0 Å². The fourth-order valence-electron chi connectivity index (χ4n) is 4.85. The van der Waals surface area contributed by atoms with Crippen LogP contribution in [0.1, 0.15) is 37.7 Å². The van der Waals surface area contributed by atoms with Crippen LogP contribution in [0.2, 0.25) is 5.02 Å². The number of aromatic nitrogens is 2. The first-order chi connectivity index (χ1) is 17.8. The number of nitrogens with zero attached hydrogens (tertiary/aromatic N) is 4. The minimum absolute atomic E-state index is 0.0664. The molecule has 1 aliphatic heterocycles. The Morgan fingerprint density at radius 3 is 2.65 bits per heavy atom. The number of amides is 1. The Bertz CT molecular complexity index is 1480. The summed E-state index contributed by atoms with van der Waals surface area (Å²) >= 11 is 6.11. The van der Waals surface area contributed by atoms with Crippen molar-refractivity contribution in [3.63, 3.8) is 0 Å². The van der Waals surface area contributed by atoms with Gasteiger partial charge in [-0.1, -0.05) is 24.4 Å². The molecule has 1 aliphatic carbocycles.